The first-order valence-corrected chi connectivity index (χ1v) is 6.91. The van der Waals surface area contributed by atoms with Gasteiger partial charge >= 0.3 is 0 Å². The third kappa shape index (κ3) is 3.43. The molecule has 1 N–H and O–H groups in total. The van der Waals surface area contributed by atoms with E-state index < -0.39 is 0 Å². The summed E-state index contributed by atoms with van der Waals surface area (Å²) in [6.07, 6.45) is 4.77. The average Bonchev–Trinajstić information content (AvgIpc) is 2.75. The molecule has 0 fully saturated rings. The van der Waals surface area contributed by atoms with Gasteiger partial charge in [0.2, 0.25) is 0 Å². The van der Waals surface area contributed by atoms with Gasteiger partial charge in [0.1, 0.15) is 5.82 Å². The summed E-state index contributed by atoms with van der Waals surface area (Å²) in [6, 6.07) is 8.75. The molecule has 0 aliphatic rings. The quantitative estimate of drug-likeness (QED) is 0.920. The number of rotatable bonds is 5. The fraction of sp³-hybridized carbons (Fsp3) is 0.357. The Morgan fingerprint density at radius 1 is 1.44 bits per heavy atom. The predicted octanol–water partition coefficient (Wildman–Crippen LogP) is 3.08. The minimum Gasteiger partial charge on any atom is -0.338 e. The molecule has 1 aromatic carbocycles. The number of hydrogen-bond donors (Lipinski definition) is 1. The van der Waals surface area contributed by atoms with Crippen LogP contribution < -0.4 is 5.32 Å². The molecule has 2 rings (SSSR count). The molecule has 0 amide bonds. The monoisotopic (exact) mass is 307 g/mol. The summed E-state index contributed by atoms with van der Waals surface area (Å²) in [4.78, 5) is 4.31. The van der Waals surface area contributed by atoms with Crippen LogP contribution in [0.4, 0.5) is 0 Å². The van der Waals surface area contributed by atoms with Gasteiger partial charge in [0, 0.05) is 42.9 Å². The maximum Gasteiger partial charge on any atom is 0.109 e. The van der Waals surface area contributed by atoms with E-state index in [0.29, 0.717) is 6.04 Å². The van der Waals surface area contributed by atoms with Crippen LogP contribution in [0.25, 0.3) is 0 Å². The third-order valence-corrected chi connectivity index (χ3v) is 3.56. The van der Waals surface area contributed by atoms with E-state index in [9.17, 15) is 0 Å². The lowest BCUT2D eigenvalue weighted by molar-refractivity contribution is 0.565. The standard InChI is InChI=1S/C14H18BrN3/c1-11(12-4-3-5-13(15)10-12)16-7-6-14-17-8-9-18(14)2/h3-5,8-11,16H,6-7H2,1-2H3/t11-/m1/s1. The normalized spacial score (nSPS) is 12.6. The highest BCUT2D eigenvalue weighted by Gasteiger charge is 2.05. The van der Waals surface area contributed by atoms with Gasteiger partial charge in [0.25, 0.3) is 0 Å². The first-order valence-electron chi connectivity index (χ1n) is 6.12. The van der Waals surface area contributed by atoms with Crippen LogP contribution in [0.3, 0.4) is 0 Å². The summed E-state index contributed by atoms with van der Waals surface area (Å²) in [5.41, 5.74) is 1.30. The van der Waals surface area contributed by atoms with Gasteiger partial charge < -0.3 is 9.88 Å². The number of benzene rings is 1. The number of nitrogens with zero attached hydrogens (tertiary/aromatic N) is 2. The van der Waals surface area contributed by atoms with E-state index >= 15 is 0 Å². The van der Waals surface area contributed by atoms with E-state index in [1.165, 1.54) is 5.56 Å². The number of aryl methyl sites for hydroxylation is 1. The maximum absolute atomic E-state index is 4.31. The lowest BCUT2D eigenvalue weighted by Gasteiger charge is -2.14. The molecule has 2 aromatic rings. The molecule has 0 unspecified atom stereocenters. The molecule has 1 atom stereocenters. The second-order valence-electron chi connectivity index (χ2n) is 4.44. The fourth-order valence-electron chi connectivity index (χ4n) is 1.93. The Morgan fingerprint density at radius 2 is 2.28 bits per heavy atom. The first-order chi connectivity index (χ1) is 8.66. The van der Waals surface area contributed by atoms with Crippen molar-refractivity contribution in [3.8, 4) is 0 Å². The molecule has 0 bridgehead atoms. The Balaban J connectivity index is 1.85. The van der Waals surface area contributed by atoms with Crippen molar-refractivity contribution in [2.75, 3.05) is 6.54 Å². The predicted molar refractivity (Wildman–Crippen MR) is 77.5 cm³/mol. The molecular weight excluding hydrogens is 290 g/mol. The van der Waals surface area contributed by atoms with Gasteiger partial charge in [0.05, 0.1) is 0 Å². The van der Waals surface area contributed by atoms with E-state index in [1.54, 1.807) is 0 Å². The molecule has 0 spiro atoms. The Kier molecular flexibility index (Phi) is 4.55. The molecule has 0 saturated carbocycles. The van der Waals surface area contributed by atoms with Crippen LogP contribution >= 0.6 is 15.9 Å². The van der Waals surface area contributed by atoms with Crippen LogP contribution in [-0.4, -0.2) is 16.1 Å². The Labute approximate surface area is 116 Å². The summed E-state index contributed by atoms with van der Waals surface area (Å²) in [5.74, 6) is 1.11. The highest BCUT2D eigenvalue weighted by molar-refractivity contribution is 9.10. The smallest absolute Gasteiger partial charge is 0.109 e. The number of imidazole rings is 1. The van der Waals surface area contributed by atoms with Crippen molar-refractivity contribution in [1.82, 2.24) is 14.9 Å². The van der Waals surface area contributed by atoms with Crippen molar-refractivity contribution in [2.24, 2.45) is 7.05 Å². The molecule has 1 aromatic heterocycles. The van der Waals surface area contributed by atoms with Crippen molar-refractivity contribution >= 4 is 15.9 Å². The third-order valence-electron chi connectivity index (χ3n) is 3.07. The maximum atomic E-state index is 4.31. The fourth-order valence-corrected chi connectivity index (χ4v) is 2.35. The highest BCUT2D eigenvalue weighted by Crippen LogP contribution is 2.17. The van der Waals surface area contributed by atoms with E-state index in [2.05, 4.69) is 55.9 Å². The summed E-state index contributed by atoms with van der Waals surface area (Å²) < 4.78 is 3.18. The van der Waals surface area contributed by atoms with Gasteiger partial charge in [-0.3, -0.25) is 0 Å². The molecule has 0 saturated heterocycles. The van der Waals surface area contributed by atoms with Crippen LogP contribution in [0, 0.1) is 0 Å². The lowest BCUT2D eigenvalue weighted by Crippen LogP contribution is -2.22. The van der Waals surface area contributed by atoms with E-state index in [-0.39, 0.29) is 0 Å². The summed E-state index contributed by atoms with van der Waals surface area (Å²) >= 11 is 3.50. The lowest BCUT2D eigenvalue weighted by atomic mass is 10.1. The first kappa shape index (κ1) is 13.3. The van der Waals surface area contributed by atoms with Gasteiger partial charge in [-0.15, -0.1) is 0 Å². The molecule has 0 aliphatic carbocycles. The zero-order valence-corrected chi connectivity index (χ0v) is 12.3. The second kappa shape index (κ2) is 6.16. The van der Waals surface area contributed by atoms with Crippen molar-refractivity contribution in [3.63, 3.8) is 0 Å². The van der Waals surface area contributed by atoms with E-state index in [0.717, 1.165) is 23.3 Å². The van der Waals surface area contributed by atoms with Gasteiger partial charge in [-0.05, 0) is 24.6 Å². The van der Waals surface area contributed by atoms with Crippen LogP contribution in [0.1, 0.15) is 24.4 Å². The number of hydrogen-bond acceptors (Lipinski definition) is 2. The largest absolute Gasteiger partial charge is 0.338 e. The number of aromatic nitrogens is 2. The molecular formula is C14H18BrN3. The molecule has 0 radical (unpaired) electrons. The van der Waals surface area contributed by atoms with Gasteiger partial charge in [0.15, 0.2) is 0 Å². The topological polar surface area (TPSA) is 29.9 Å². The minimum absolute atomic E-state index is 0.350. The molecule has 3 nitrogen and oxygen atoms in total. The summed E-state index contributed by atoms with van der Waals surface area (Å²) in [6.45, 7) is 3.11. The van der Waals surface area contributed by atoms with Crippen LogP contribution in [0.15, 0.2) is 41.1 Å². The van der Waals surface area contributed by atoms with Crippen molar-refractivity contribution in [2.45, 2.75) is 19.4 Å². The van der Waals surface area contributed by atoms with Gasteiger partial charge in [-0.25, -0.2) is 4.98 Å². The summed E-state index contributed by atoms with van der Waals surface area (Å²) in [5, 5.41) is 3.52. The number of halogens is 1. The Hall–Kier alpha value is -1.13. The number of nitrogens with one attached hydrogen (secondary N) is 1. The van der Waals surface area contributed by atoms with Gasteiger partial charge in [-0.1, -0.05) is 28.1 Å². The molecule has 0 aliphatic heterocycles. The van der Waals surface area contributed by atoms with Crippen LogP contribution in [0.5, 0.6) is 0 Å². The Morgan fingerprint density at radius 3 is 2.94 bits per heavy atom. The molecule has 18 heavy (non-hydrogen) atoms. The molecule has 96 valence electrons. The summed E-state index contributed by atoms with van der Waals surface area (Å²) in [7, 11) is 2.03. The average molecular weight is 308 g/mol. The minimum atomic E-state index is 0.350. The highest BCUT2D eigenvalue weighted by atomic mass is 79.9. The van der Waals surface area contributed by atoms with Crippen molar-refractivity contribution in [3.05, 3.63) is 52.5 Å². The SMILES string of the molecule is C[C@@H](NCCc1nccn1C)c1cccc(Br)c1. The zero-order valence-electron chi connectivity index (χ0n) is 10.7. The molecule has 4 heteroatoms. The van der Waals surface area contributed by atoms with Crippen molar-refractivity contribution < 1.29 is 0 Å². The van der Waals surface area contributed by atoms with E-state index in [4.69, 9.17) is 0 Å². The van der Waals surface area contributed by atoms with Crippen LogP contribution in [0.2, 0.25) is 0 Å². The molecule has 1 heterocycles. The van der Waals surface area contributed by atoms with E-state index in [1.807, 2.05) is 25.5 Å². The zero-order chi connectivity index (χ0) is 13.0. The van der Waals surface area contributed by atoms with Crippen molar-refractivity contribution in [1.29, 1.82) is 0 Å². The Bertz CT molecular complexity index is 507. The van der Waals surface area contributed by atoms with Gasteiger partial charge in [-0.2, -0.15) is 0 Å². The second-order valence-corrected chi connectivity index (χ2v) is 5.35. The van der Waals surface area contributed by atoms with Crippen LogP contribution in [-0.2, 0) is 13.5 Å².